The van der Waals surface area contributed by atoms with Crippen LogP contribution >= 0.6 is 0 Å². The van der Waals surface area contributed by atoms with Gasteiger partial charge in [0.1, 0.15) is 17.6 Å². The molecular weight excluding hydrogens is 238 g/mol. The van der Waals surface area contributed by atoms with Crippen LogP contribution in [0.25, 0.3) is 6.08 Å². The first-order valence-electron chi connectivity index (χ1n) is 7.25. The van der Waals surface area contributed by atoms with Gasteiger partial charge in [-0.1, -0.05) is 12.1 Å². The molecule has 0 unspecified atom stereocenters. The van der Waals surface area contributed by atoms with Gasteiger partial charge in [0.15, 0.2) is 0 Å². The first-order chi connectivity index (χ1) is 9.28. The lowest BCUT2D eigenvalue weighted by Crippen LogP contribution is -3.14. The van der Waals surface area contributed by atoms with Gasteiger partial charge in [-0.3, -0.25) is 0 Å². The van der Waals surface area contributed by atoms with Crippen molar-refractivity contribution < 1.29 is 14.7 Å². The fraction of sp³-hybridized carbons (Fsp3) is 0.500. The molecule has 0 amide bonds. The molecule has 1 aromatic rings. The van der Waals surface area contributed by atoms with E-state index in [9.17, 15) is 5.11 Å². The molecule has 0 spiro atoms. The Kier molecular flexibility index (Phi) is 3.58. The van der Waals surface area contributed by atoms with Crippen molar-refractivity contribution in [3.63, 3.8) is 0 Å². The number of benzene rings is 1. The van der Waals surface area contributed by atoms with E-state index < -0.39 is 0 Å². The zero-order chi connectivity index (χ0) is 13.2. The first-order valence-corrected chi connectivity index (χ1v) is 7.25. The van der Waals surface area contributed by atoms with Crippen LogP contribution in [-0.2, 0) is 0 Å². The second kappa shape index (κ2) is 5.35. The Bertz CT molecular complexity index is 471. The van der Waals surface area contributed by atoms with Gasteiger partial charge in [0.25, 0.3) is 0 Å². The highest BCUT2D eigenvalue weighted by atomic mass is 16.5. The number of fused-ring (bicyclic) bond motifs is 3. The molecule has 1 aromatic carbocycles. The van der Waals surface area contributed by atoms with Crippen LogP contribution in [0.15, 0.2) is 30.0 Å². The van der Waals surface area contributed by atoms with Crippen molar-refractivity contribution in [2.75, 3.05) is 19.7 Å². The van der Waals surface area contributed by atoms with Crippen LogP contribution in [0, 0.1) is 5.92 Å². The van der Waals surface area contributed by atoms with Gasteiger partial charge < -0.3 is 14.7 Å². The smallest absolute Gasteiger partial charge is 0.137 e. The minimum Gasteiger partial charge on any atom is -0.494 e. The number of aliphatic hydroxyl groups is 1. The number of nitrogens with one attached hydrogen (secondary N) is 1. The minimum absolute atomic E-state index is 0.256. The number of hydrogen-bond acceptors (Lipinski definition) is 2. The molecule has 3 aliphatic rings. The van der Waals surface area contributed by atoms with E-state index in [-0.39, 0.29) is 6.10 Å². The predicted molar refractivity (Wildman–Crippen MR) is 75.0 cm³/mol. The summed E-state index contributed by atoms with van der Waals surface area (Å²) in [4.78, 5) is 1.46. The number of aliphatic hydroxyl groups excluding tert-OH is 1. The van der Waals surface area contributed by atoms with Gasteiger partial charge in [0, 0.05) is 24.8 Å². The van der Waals surface area contributed by atoms with Gasteiger partial charge in [0.2, 0.25) is 0 Å². The monoisotopic (exact) mass is 260 g/mol. The van der Waals surface area contributed by atoms with Gasteiger partial charge in [-0.25, -0.2) is 0 Å². The molecule has 2 N–H and O–H groups in total. The maximum absolute atomic E-state index is 10.4. The van der Waals surface area contributed by atoms with Crippen LogP contribution in [0.5, 0.6) is 5.75 Å². The highest BCUT2D eigenvalue weighted by molar-refractivity contribution is 5.54. The predicted octanol–water partition coefficient (Wildman–Crippen LogP) is 1.10. The Morgan fingerprint density at radius 3 is 2.84 bits per heavy atom. The molecule has 3 aliphatic heterocycles. The van der Waals surface area contributed by atoms with E-state index in [0.29, 0.717) is 12.5 Å². The molecule has 102 valence electrons. The molecule has 3 heteroatoms. The number of quaternary nitrogens is 1. The van der Waals surface area contributed by atoms with Crippen LogP contribution in [0.4, 0.5) is 0 Å². The molecule has 4 rings (SSSR count). The lowest BCUT2D eigenvalue weighted by molar-refractivity contribution is -0.880. The van der Waals surface area contributed by atoms with E-state index in [1.54, 1.807) is 0 Å². The van der Waals surface area contributed by atoms with Crippen molar-refractivity contribution in [3.05, 3.63) is 35.5 Å². The molecule has 3 fully saturated rings. The average Bonchev–Trinajstić information content (AvgIpc) is 2.44. The van der Waals surface area contributed by atoms with E-state index in [1.165, 1.54) is 18.0 Å². The summed E-state index contributed by atoms with van der Waals surface area (Å²) in [5.41, 5.74) is 2.29. The standard InChI is InChI=1S/C16H21NO2/c1-2-19-14-5-3-4-12(10-14)11-15-16(18)13-6-8-17(15)9-7-13/h3-5,10-11,13,16,18H,2,6-9H2,1H3/p+1/b15-11-/t16-/m0/s1. The third-order valence-corrected chi connectivity index (χ3v) is 4.30. The molecule has 0 saturated carbocycles. The lowest BCUT2D eigenvalue weighted by atomic mass is 9.83. The zero-order valence-corrected chi connectivity index (χ0v) is 11.4. The van der Waals surface area contributed by atoms with Crippen molar-refractivity contribution >= 4 is 6.08 Å². The molecule has 0 aliphatic carbocycles. The maximum atomic E-state index is 10.4. The Labute approximate surface area is 114 Å². The summed E-state index contributed by atoms with van der Waals surface area (Å²) < 4.78 is 5.53. The van der Waals surface area contributed by atoms with Gasteiger partial charge in [0.05, 0.1) is 19.7 Å². The Balaban J connectivity index is 1.86. The third kappa shape index (κ3) is 2.53. The van der Waals surface area contributed by atoms with Crippen LogP contribution in [0.3, 0.4) is 0 Å². The average molecular weight is 260 g/mol. The van der Waals surface area contributed by atoms with Crippen LogP contribution in [0.1, 0.15) is 25.3 Å². The minimum atomic E-state index is -0.256. The fourth-order valence-electron chi connectivity index (χ4n) is 3.28. The molecular formula is C16H22NO2+. The number of piperidine rings is 3. The molecule has 2 bridgehead atoms. The van der Waals surface area contributed by atoms with Gasteiger partial charge in [-0.05, 0) is 24.6 Å². The highest BCUT2D eigenvalue weighted by Gasteiger charge is 2.40. The van der Waals surface area contributed by atoms with E-state index >= 15 is 0 Å². The second-order valence-electron chi connectivity index (χ2n) is 5.49. The molecule has 1 atom stereocenters. The number of rotatable bonds is 3. The van der Waals surface area contributed by atoms with Crippen molar-refractivity contribution in [3.8, 4) is 5.75 Å². The molecule has 3 heterocycles. The highest BCUT2D eigenvalue weighted by Crippen LogP contribution is 2.25. The topological polar surface area (TPSA) is 33.9 Å². The molecule has 19 heavy (non-hydrogen) atoms. The van der Waals surface area contributed by atoms with E-state index in [1.807, 2.05) is 25.1 Å². The largest absolute Gasteiger partial charge is 0.494 e. The van der Waals surface area contributed by atoms with Crippen LogP contribution in [0.2, 0.25) is 0 Å². The molecule has 0 aromatic heterocycles. The fourth-order valence-corrected chi connectivity index (χ4v) is 3.28. The van der Waals surface area contributed by atoms with Crippen molar-refractivity contribution in [1.82, 2.24) is 0 Å². The van der Waals surface area contributed by atoms with Crippen molar-refractivity contribution in [1.29, 1.82) is 0 Å². The zero-order valence-electron chi connectivity index (χ0n) is 11.4. The van der Waals surface area contributed by atoms with Crippen molar-refractivity contribution in [2.24, 2.45) is 5.92 Å². The molecule has 0 radical (unpaired) electrons. The van der Waals surface area contributed by atoms with E-state index in [4.69, 9.17) is 4.74 Å². The summed E-state index contributed by atoms with van der Waals surface area (Å²) in [5.74, 6) is 1.37. The van der Waals surface area contributed by atoms with Gasteiger partial charge in [-0.15, -0.1) is 0 Å². The van der Waals surface area contributed by atoms with Gasteiger partial charge in [-0.2, -0.15) is 0 Å². The van der Waals surface area contributed by atoms with Crippen LogP contribution in [-0.4, -0.2) is 30.9 Å². The SMILES string of the molecule is CCOc1cccc(/C=C2/[C@@H](O)C3CC[NH+]2CC3)c1. The van der Waals surface area contributed by atoms with Gasteiger partial charge >= 0.3 is 0 Å². The number of ether oxygens (including phenoxy) is 1. The second-order valence-corrected chi connectivity index (χ2v) is 5.49. The summed E-state index contributed by atoms with van der Waals surface area (Å²) in [5, 5.41) is 10.4. The summed E-state index contributed by atoms with van der Waals surface area (Å²) in [6.07, 6.45) is 4.21. The Hall–Kier alpha value is -1.32. The summed E-state index contributed by atoms with van der Waals surface area (Å²) in [7, 11) is 0. The molecule has 3 nitrogen and oxygen atoms in total. The quantitative estimate of drug-likeness (QED) is 0.853. The molecule has 3 saturated heterocycles. The van der Waals surface area contributed by atoms with Crippen LogP contribution < -0.4 is 9.64 Å². The Morgan fingerprint density at radius 1 is 1.37 bits per heavy atom. The maximum Gasteiger partial charge on any atom is 0.137 e. The number of hydrogen-bond donors (Lipinski definition) is 2. The lowest BCUT2D eigenvalue weighted by Gasteiger charge is -2.41. The third-order valence-electron chi connectivity index (χ3n) is 4.30. The Morgan fingerprint density at radius 2 is 2.16 bits per heavy atom. The summed E-state index contributed by atoms with van der Waals surface area (Å²) >= 11 is 0. The first kappa shape index (κ1) is 12.7. The summed E-state index contributed by atoms with van der Waals surface area (Å²) in [6, 6.07) is 8.11. The normalized spacial score (nSPS) is 31.7. The van der Waals surface area contributed by atoms with Crippen molar-refractivity contribution in [2.45, 2.75) is 25.9 Å². The summed E-state index contributed by atoms with van der Waals surface area (Å²) in [6.45, 7) is 5.00. The van der Waals surface area contributed by atoms with E-state index in [2.05, 4.69) is 12.1 Å². The van der Waals surface area contributed by atoms with E-state index in [0.717, 1.165) is 29.9 Å².